The van der Waals surface area contributed by atoms with Crippen molar-refractivity contribution in [2.45, 2.75) is 6.92 Å². The van der Waals surface area contributed by atoms with Gasteiger partial charge in [0.2, 0.25) is 0 Å². The summed E-state index contributed by atoms with van der Waals surface area (Å²) in [6.07, 6.45) is 0. The van der Waals surface area contributed by atoms with E-state index in [2.05, 4.69) is 10.2 Å². The van der Waals surface area contributed by atoms with Crippen molar-refractivity contribution in [2.24, 2.45) is 5.73 Å². The van der Waals surface area contributed by atoms with Gasteiger partial charge in [-0.1, -0.05) is 12.1 Å². The van der Waals surface area contributed by atoms with Crippen molar-refractivity contribution in [1.82, 2.24) is 10.2 Å². The number of aromatic nitrogens is 2. The molecular weight excluding hydrogens is 221 g/mol. The standard InChI is InChI=1S/C12H10FN3O/c1-7-10(6-11(12(14)17)16-15-7)8-2-4-9(13)5-3-8/h2-6H,1H3,(H2,14,17). The summed E-state index contributed by atoms with van der Waals surface area (Å²) in [5.41, 5.74) is 7.36. The van der Waals surface area contributed by atoms with Gasteiger partial charge >= 0.3 is 0 Å². The SMILES string of the molecule is Cc1nnc(C(N)=O)cc1-c1ccc(F)cc1. The zero-order valence-electron chi connectivity index (χ0n) is 9.14. The Balaban J connectivity index is 2.54. The first-order chi connectivity index (χ1) is 8.08. The zero-order chi connectivity index (χ0) is 12.4. The maximum absolute atomic E-state index is 12.8. The maximum Gasteiger partial charge on any atom is 0.269 e. The second-order valence-electron chi connectivity index (χ2n) is 3.60. The van der Waals surface area contributed by atoms with Crippen LogP contribution >= 0.6 is 0 Å². The number of amides is 1. The summed E-state index contributed by atoms with van der Waals surface area (Å²) in [4.78, 5) is 11.0. The van der Waals surface area contributed by atoms with Crippen molar-refractivity contribution in [3.63, 3.8) is 0 Å². The lowest BCUT2D eigenvalue weighted by Gasteiger charge is -2.05. The van der Waals surface area contributed by atoms with Crippen LogP contribution in [-0.2, 0) is 0 Å². The van der Waals surface area contributed by atoms with Crippen LogP contribution in [0.5, 0.6) is 0 Å². The molecule has 1 heterocycles. The minimum atomic E-state index is -0.638. The molecule has 0 spiro atoms. The molecular formula is C12H10FN3O. The van der Waals surface area contributed by atoms with E-state index >= 15 is 0 Å². The molecule has 5 heteroatoms. The topological polar surface area (TPSA) is 68.9 Å². The van der Waals surface area contributed by atoms with Crippen molar-refractivity contribution in [1.29, 1.82) is 0 Å². The number of carbonyl (C=O) groups is 1. The molecule has 0 aliphatic heterocycles. The lowest BCUT2D eigenvalue weighted by Crippen LogP contribution is -2.14. The van der Waals surface area contributed by atoms with Gasteiger partial charge in [-0.25, -0.2) is 4.39 Å². The summed E-state index contributed by atoms with van der Waals surface area (Å²) in [6.45, 7) is 1.76. The number of nitrogens with zero attached hydrogens (tertiary/aromatic N) is 2. The molecule has 0 atom stereocenters. The Morgan fingerprint density at radius 2 is 1.88 bits per heavy atom. The summed E-state index contributed by atoms with van der Waals surface area (Å²) in [5.74, 6) is -0.954. The molecule has 4 nitrogen and oxygen atoms in total. The lowest BCUT2D eigenvalue weighted by atomic mass is 10.0. The van der Waals surface area contributed by atoms with E-state index in [9.17, 15) is 9.18 Å². The summed E-state index contributed by atoms with van der Waals surface area (Å²) in [5, 5.41) is 7.54. The molecule has 0 saturated heterocycles. The van der Waals surface area contributed by atoms with Crippen LogP contribution in [0.25, 0.3) is 11.1 Å². The van der Waals surface area contributed by atoms with E-state index in [0.717, 1.165) is 5.56 Å². The molecule has 1 aromatic carbocycles. The Hall–Kier alpha value is -2.30. The summed E-state index contributed by atoms with van der Waals surface area (Å²) in [7, 11) is 0. The lowest BCUT2D eigenvalue weighted by molar-refractivity contribution is 0.0994. The molecule has 86 valence electrons. The Bertz CT molecular complexity index is 566. The number of hydrogen-bond acceptors (Lipinski definition) is 3. The third-order valence-electron chi connectivity index (χ3n) is 2.39. The number of hydrogen-bond donors (Lipinski definition) is 1. The van der Waals surface area contributed by atoms with Crippen molar-refractivity contribution < 1.29 is 9.18 Å². The van der Waals surface area contributed by atoms with E-state index in [-0.39, 0.29) is 11.5 Å². The number of aryl methyl sites for hydroxylation is 1. The van der Waals surface area contributed by atoms with Crippen LogP contribution in [-0.4, -0.2) is 16.1 Å². The second kappa shape index (κ2) is 4.29. The molecule has 0 unspecified atom stereocenters. The van der Waals surface area contributed by atoms with Crippen LogP contribution in [0.15, 0.2) is 30.3 Å². The van der Waals surface area contributed by atoms with Crippen LogP contribution < -0.4 is 5.73 Å². The van der Waals surface area contributed by atoms with Crippen LogP contribution in [0.4, 0.5) is 4.39 Å². The van der Waals surface area contributed by atoms with E-state index in [1.807, 2.05) is 0 Å². The van der Waals surface area contributed by atoms with Crippen LogP contribution in [0.3, 0.4) is 0 Å². The molecule has 0 aliphatic rings. The number of primary amides is 1. The summed E-state index contributed by atoms with van der Waals surface area (Å²) in [6, 6.07) is 7.48. The van der Waals surface area contributed by atoms with E-state index in [0.29, 0.717) is 11.3 Å². The Morgan fingerprint density at radius 1 is 1.24 bits per heavy atom. The fraction of sp³-hybridized carbons (Fsp3) is 0.0833. The highest BCUT2D eigenvalue weighted by Gasteiger charge is 2.09. The number of nitrogens with two attached hydrogens (primary N) is 1. The van der Waals surface area contributed by atoms with E-state index < -0.39 is 5.91 Å². The number of benzene rings is 1. The zero-order valence-corrected chi connectivity index (χ0v) is 9.14. The van der Waals surface area contributed by atoms with Gasteiger partial charge in [-0.3, -0.25) is 4.79 Å². The monoisotopic (exact) mass is 231 g/mol. The van der Waals surface area contributed by atoms with E-state index in [1.54, 1.807) is 25.1 Å². The quantitative estimate of drug-likeness (QED) is 0.855. The molecule has 2 aromatic rings. The van der Waals surface area contributed by atoms with Gasteiger partial charge in [0.25, 0.3) is 5.91 Å². The molecule has 17 heavy (non-hydrogen) atoms. The Morgan fingerprint density at radius 3 is 2.47 bits per heavy atom. The van der Waals surface area contributed by atoms with Crippen molar-refractivity contribution in [3.05, 3.63) is 47.5 Å². The van der Waals surface area contributed by atoms with E-state index in [4.69, 9.17) is 5.73 Å². The number of carbonyl (C=O) groups excluding carboxylic acids is 1. The fourth-order valence-electron chi connectivity index (χ4n) is 1.49. The minimum Gasteiger partial charge on any atom is -0.364 e. The molecule has 0 aliphatic carbocycles. The van der Waals surface area contributed by atoms with Gasteiger partial charge in [0, 0.05) is 5.56 Å². The summed E-state index contributed by atoms with van der Waals surface area (Å²) < 4.78 is 12.8. The highest BCUT2D eigenvalue weighted by atomic mass is 19.1. The van der Waals surface area contributed by atoms with Crippen LogP contribution in [0.1, 0.15) is 16.2 Å². The average molecular weight is 231 g/mol. The third kappa shape index (κ3) is 2.28. The normalized spacial score (nSPS) is 10.2. The Kier molecular flexibility index (Phi) is 2.82. The first kappa shape index (κ1) is 11.2. The van der Waals surface area contributed by atoms with Gasteiger partial charge in [-0.2, -0.15) is 5.10 Å². The van der Waals surface area contributed by atoms with Gasteiger partial charge in [0.1, 0.15) is 5.82 Å². The van der Waals surface area contributed by atoms with Crippen molar-refractivity contribution >= 4 is 5.91 Å². The van der Waals surface area contributed by atoms with E-state index in [1.165, 1.54) is 12.1 Å². The predicted molar refractivity (Wildman–Crippen MR) is 60.7 cm³/mol. The summed E-state index contributed by atoms with van der Waals surface area (Å²) >= 11 is 0. The highest BCUT2D eigenvalue weighted by Crippen LogP contribution is 2.22. The fourth-order valence-corrected chi connectivity index (χ4v) is 1.49. The third-order valence-corrected chi connectivity index (χ3v) is 2.39. The average Bonchev–Trinajstić information content (AvgIpc) is 2.31. The molecule has 0 fully saturated rings. The molecule has 0 saturated carbocycles. The van der Waals surface area contributed by atoms with Crippen molar-refractivity contribution in [3.8, 4) is 11.1 Å². The van der Waals surface area contributed by atoms with Gasteiger partial charge < -0.3 is 5.73 Å². The van der Waals surface area contributed by atoms with Gasteiger partial charge in [-0.05, 0) is 30.7 Å². The van der Waals surface area contributed by atoms with Gasteiger partial charge in [-0.15, -0.1) is 5.10 Å². The van der Waals surface area contributed by atoms with Gasteiger partial charge in [0.05, 0.1) is 5.69 Å². The van der Waals surface area contributed by atoms with Crippen molar-refractivity contribution in [2.75, 3.05) is 0 Å². The predicted octanol–water partition coefficient (Wildman–Crippen LogP) is 1.69. The minimum absolute atomic E-state index is 0.0925. The van der Waals surface area contributed by atoms with Crippen LogP contribution in [0.2, 0.25) is 0 Å². The molecule has 2 rings (SSSR count). The smallest absolute Gasteiger partial charge is 0.269 e. The number of rotatable bonds is 2. The van der Waals surface area contributed by atoms with Gasteiger partial charge in [0.15, 0.2) is 5.69 Å². The molecule has 0 bridgehead atoms. The molecule has 2 N–H and O–H groups in total. The maximum atomic E-state index is 12.8. The largest absolute Gasteiger partial charge is 0.364 e. The molecule has 0 radical (unpaired) electrons. The number of halogens is 1. The highest BCUT2D eigenvalue weighted by molar-refractivity contribution is 5.92. The first-order valence-corrected chi connectivity index (χ1v) is 4.98. The second-order valence-corrected chi connectivity index (χ2v) is 3.60. The first-order valence-electron chi connectivity index (χ1n) is 4.98. The van der Waals surface area contributed by atoms with Crippen LogP contribution in [0, 0.1) is 12.7 Å². The molecule has 1 aromatic heterocycles. The molecule has 1 amide bonds. The Labute approximate surface area is 97.3 Å².